The zero-order valence-electron chi connectivity index (χ0n) is 6.54. The van der Waals surface area contributed by atoms with Gasteiger partial charge < -0.3 is 15.2 Å². The van der Waals surface area contributed by atoms with Gasteiger partial charge in [-0.1, -0.05) is 0 Å². The highest BCUT2D eigenvalue weighted by Gasteiger charge is 2.39. The molecule has 3 heteroatoms. The number of hydrogen-bond donors (Lipinski definition) is 1. The molecule has 0 amide bonds. The minimum Gasteiger partial charge on any atom is -0.379 e. The van der Waals surface area contributed by atoms with Gasteiger partial charge in [0.05, 0.1) is 12.2 Å². The molecule has 3 unspecified atom stereocenters. The van der Waals surface area contributed by atoms with Crippen LogP contribution in [0.2, 0.25) is 0 Å². The van der Waals surface area contributed by atoms with E-state index in [2.05, 4.69) is 0 Å². The van der Waals surface area contributed by atoms with Crippen molar-refractivity contribution in [1.82, 2.24) is 0 Å². The van der Waals surface area contributed by atoms with E-state index in [1.54, 1.807) is 7.11 Å². The van der Waals surface area contributed by atoms with E-state index in [4.69, 9.17) is 15.2 Å². The lowest BCUT2D eigenvalue weighted by atomic mass is 9.86. The Balaban J connectivity index is 2.25. The first-order chi connectivity index (χ1) is 4.79. The zero-order valence-corrected chi connectivity index (χ0v) is 6.54. The van der Waals surface area contributed by atoms with Gasteiger partial charge in [0.25, 0.3) is 0 Å². The molecule has 10 heavy (non-hydrogen) atoms. The highest BCUT2D eigenvalue weighted by molar-refractivity contribution is 4.94. The summed E-state index contributed by atoms with van der Waals surface area (Å²) in [5.74, 6) is 0. The van der Waals surface area contributed by atoms with Crippen molar-refractivity contribution >= 4 is 0 Å². The second-order valence-corrected chi connectivity index (χ2v) is 2.59. The molecule has 2 N–H and O–H groups in total. The Morgan fingerprint density at radius 1 is 1.60 bits per heavy atom. The van der Waals surface area contributed by atoms with Crippen molar-refractivity contribution in [3.8, 4) is 0 Å². The number of methoxy groups -OCH3 is 1. The lowest BCUT2D eigenvalue weighted by molar-refractivity contribution is -0.123. The molecule has 0 radical (unpaired) electrons. The fourth-order valence-corrected chi connectivity index (χ4v) is 1.27. The summed E-state index contributed by atoms with van der Waals surface area (Å²) in [5.41, 5.74) is 5.67. The lowest BCUT2D eigenvalue weighted by Crippen LogP contribution is -2.57. The van der Waals surface area contributed by atoms with Gasteiger partial charge >= 0.3 is 0 Å². The van der Waals surface area contributed by atoms with E-state index in [9.17, 15) is 0 Å². The molecule has 1 fully saturated rings. The maximum absolute atomic E-state index is 5.67. The van der Waals surface area contributed by atoms with Gasteiger partial charge in [0.2, 0.25) is 0 Å². The van der Waals surface area contributed by atoms with E-state index in [0.29, 0.717) is 0 Å². The molecule has 3 atom stereocenters. The third-order valence-corrected chi connectivity index (χ3v) is 1.95. The van der Waals surface area contributed by atoms with E-state index < -0.39 is 0 Å². The van der Waals surface area contributed by atoms with Crippen molar-refractivity contribution in [2.75, 3.05) is 13.7 Å². The Kier molecular flexibility index (Phi) is 2.65. The van der Waals surface area contributed by atoms with Gasteiger partial charge in [0.15, 0.2) is 0 Å². The molecular formula is C7H15NO2. The van der Waals surface area contributed by atoms with Crippen molar-refractivity contribution in [3.05, 3.63) is 0 Å². The van der Waals surface area contributed by atoms with Crippen LogP contribution in [-0.4, -0.2) is 32.0 Å². The van der Waals surface area contributed by atoms with E-state index >= 15 is 0 Å². The molecule has 1 aliphatic carbocycles. The highest BCUT2D eigenvalue weighted by Crippen LogP contribution is 2.24. The Morgan fingerprint density at radius 2 is 2.30 bits per heavy atom. The molecule has 0 aromatic heterocycles. The van der Waals surface area contributed by atoms with Crippen LogP contribution in [0.1, 0.15) is 13.3 Å². The van der Waals surface area contributed by atoms with Crippen LogP contribution in [0.4, 0.5) is 0 Å². The maximum atomic E-state index is 5.67. The first-order valence-corrected chi connectivity index (χ1v) is 3.69. The molecule has 0 bridgehead atoms. The van der Waals surface area contributed by atoms with Crippen LogP contribution in [-0.2, 0) is 9.47 Å². The average Bonchev–Trinajstić information content (AvgIpc) is 1.95. The third-order valence-electron chi connectivity index (χ3n) is 1.95. The van der Waals surface area contributed by atoms with Crippen LogP contribution in [0.15, 0.2) is 0 Å². The fraction of sp³-hybridized carbons (Fsp3) is 1.00. The lowest BCUT2D eigenvalue weighted by Gasteiger charge is -2.40. The summed E-state index contributed by atoms with van der Waals surface area (Å²) in [6, 6.07) is 0.185. The Bertz CT molecular complexity index is 108. The van der Waals surface area contributed by atoms with Crippen molar-refractivity contribution < 1.29 is 9.47 Å². The number of ether oxygens (including phenoxy) is 2. The summed E-state index contributed by atoms with van der Waals surface area (Å²) in [7, 11) is 1.70. The Morgan fingerprint density at radius 3 is 2.70 bits per heavy atom. The average molecular weight is 145 g/mol. The molecule has 3 nitrogen and oxygen atoms in total. The van der Waals surface area contributed by atoms with E-state index in [1.165, 1.54) is 0 Å². The smallest absolute Gasteiger partial charge is 0.0988 e. The predicted molar refractivity (Wildman–Crippen MR) is 38.8 cm³/mol. The highest BCUT2D eigenvalue weighted by atomic mass is 16.5. The first kappa shape index (κ1) is 7.98. The van der Waals surface area contributed by atoms with Gasteiger partial charge in [0, 0.05) is 19.8 Å². The number of hydrogen-bond acceptors (Lipinski definition) is 3. The molecule has 1 aliphatic rings. The molecule has 0 aromatic rings. The molecule has 0 spiro atoms. The molecule has 0 aromatic carbocycles. The van der Waals surface area contributed by atoms with Crippen molar-refractivity contribution in [2.24, 2.45) is 5.73 Å². The van der Waals surface area contributed by atoms with Crippen molar-refractivity contribution in [3.63, 3.8) is 0 Å². The number of rotatable bonds is 3. The van der Waals surface area contributed by atoms with Gasteiger partial charge in [0.1, 0.15) is 0 Å². The van der Waals surface area contributed by atoms with Crippen LogP contribution in [0.25, 0.3) is 0 Å². The van der Waals surface area contributed by atoms with E-state index in [1.807, 2.05) is 6.92 Å². The first-order valence-electron chi connectivity index (χ1n) is 3.69. The molecule has 1 rings (SSSR count). The standard InChI is InChI=1S/C7H15NO2/c1-3-10-7-5(8)4-6(7)9-2/h5-7H,3-4,8H2,1-2H3. The minimum absolute atomic E-state index is 0.134. The molecule has 60 valence electrons. The zero-order chi connectivity index (χ0) is 7.56. The van der Waals surface area contributed by atoms with Crippen LogP contribution in [0.3, 0.4) is 0 Å². The van der Waals surface area contributed by atoms with Crippen molar-refractivity contribution in [2.45, 2.75) is 31.6 Å². The SMILES string of the molecule is CCOC1C(N)CC1OC. The molecule has 0 aliphatic heterocycles. The summed E-state index contributed by atoms with van der Waals surface area (Å²) in [6.45, 7) is 2.69. The molecule has 0 saturated heterocycles. The van der Waals surface area contributed by atoms with E-state index in [0.717, 1.165) is 13.0 Å². The predicted octanol–water partition coefficient (Wildman–Crippen LogP) is 0.137. The molecular weight excluding hydrogens is 130 g/mol. The van der Waals surface area contributed by atoms with Crippen LogP contribution in [0.5, 0.6) is 0 Å². The summed E-state index contributed by atoms with van der Waals surface area (Å²) in [6.07, 6.45) is 1.30. The summed E-state index contributed by atoms with van der Waals surface area (Å²) in [4.78, 5) is 0. The van der Waals surface area contributed by atoms with Crippen LogP contribution >= 0.6 is 0 Å². The monoisotopic (exact) mass is 145 g/mol. The Hall–Kier alpha value is -0.120. The minimum atomic E-state index is 0.134. The summed E-state index contributed by atoms with van der Waals surface area (Å²) < 4.78 is 10.5. The maximum Gasteiger partial charge on any atom is 0.0988 e. The second-order valence-electron chi connectivity index (χ2n) is 2.59. The van der Waals surface area contributed by atoms with Gasteiger partial charge in [-0.05, 0) is 13.3 Å². The van der Waals surface area contributed by atoms with Gasteiger partial charge in [-0.15, -0.1) is 0 Å². The van der Waals surface area contributed by atoms with E-state index in [-0.39, 0.29) is 18.2 Å². The quantitative estimate of drug-likeness (QED) is 0.614. The Labute approximate surface area is 61.5 Å². The molecule has 1 saturated carbocycles. The normalized spacial score (nSPS) is 39.3. The van der Waals surface area contributed by atoms with Crippen LogP contribution in [0, 0.1) is 0 Å². The van der Waals surface area contributed by atoms with Crippen molar-refractivity contribution in [1.29, 1.82) is 0 Å². The molecule has 0 heterocycles. The third kappa shape index (κ3) is 1.31. The van der Waals surface area contributed by atoms with Gasteiger partial charge in [-0.25, -0.2) is 0 Å². The largest absolute Gasteiger partial charge is 0.379 e. The second kappa shape index (κ2) is 3.32. The fourth-order valence-electron chi connectivity index (χ4n) is 1.27. The van der Waals surface area contributed by atoms with Gasteiger partial charge in [-0.3, -0.25) is 0 Å². The summed E-state index contributed by atoms with van der Waals surface area (Å²) >= 11 is 0. The van der Waals surface area contributed by atoms with Crippen LogP contribution < -0.4 is 5.73 Å². The topological polar surface area (TPSA) is 44.5 Å². The number of nitrogens with two attached hydrogens (primary N) is 1. The van der Waals surface area contributed by atoms with Gasteiger partial charge in [-0.2, -0.15) is 0 Å². The summed E-state index contributed by atoms with van der Waals surface area (Å²) in [5, 5.41) is 0.